The van der Waals surface area contributed by atoms with Crippen molar-refractivity contribution in [3.63, 3.8) is 0 Å². The first-order valence-electron chi connectivity index (χ1n) is 16.9. The van der Waals surface area contributed by atoms with E-state index in [4.69, 9.17) is 9.97 Å². The van der Waals surface area contributed by atoms with E-state index in [1.54, 1.807) is 0 Å². The smallest absolute Gasteiger partial charge is 0.0751 e. The van der Waals surface area contributed by atoms with Gasteiger partial charge in [-0.3, -0.25) is 33.2 Å². The summed E-state index contributed by atoms with van der Waals surface area (Å²) in [6.07, 6.45) is 5.06. The van der Waals surface area contributed by atoms with E-state index in [0.717, 1.165) is 72.6 Å². The molecule has 261 valence electrons. The Balaban J connectivity index is 0.000000252. The van der Waals surface area contributed by atoms with Crippen LogP contribution in [0.4, 0.5) is 0 Å². The average Bonchev–Trinajstić information content (AvgIpc) is 3.58. The molecule has 0 atom stereocenters. The Morgan fingerprint density at radius 2 is 1.39 bits per heavy atom. The van der Waals surface area contributed by atoms with Crippen LogP contribution >= 0.6 is 0 Å². The number of aromatic nitrogens is 5. The van der Waals surface area contributed by atoms with Gasteiger partial charge in [0, 0.05) is 84.2 Å². The van der Waals surface area contributed by atoms with Crippen LogP contribution in [0.25, 0.3) is 72.3 Å². The number of imidazole rings is 1. The van der Waals surface area contributed by atoms with Crippen molar-refractivity contribution in [3.8, 4) is 39.6 Å². The summed E-state index contributed by atoms with van der Waals surface area (Å²) in [6.45, 7) is 6.44. The number of rotatable bonds is 4. The summed E-state index contributed by atoms with van der Waals surface area (Å²) in [5, 5.41) is 3.39. The second-order valence-electron chi connectivity index (χ2n) is 13.3. The monoisotopic (exact) mass is 948 g/mol. The van der Waals surface area contributed by atoms with Gasteiger partial charge in [-0.05, 0) is 58.6 Å². The van der Waals surface area contributed by atoms with Gasteiger partial charge in [0.2, 0.25) is 0 Å². The van der Waals surface area contributed by atoms with E-state index in [1.807, 2.05) is 97.2 Å². The third-order valence-electron chi connectivity index (χ3n) is 8.72. The molecule has 0 aliphatic rings. The molecule has 3 heterocycles. The molecule has 9 aromatic rings. The molecule has 0 saturated heterocycles. The van der Waals surface area contributed by atoms with Crippen molar-refractivity contribution >= 4 is 41.1 Å². The van der Waals surface area contributed by atoms with Crippen LogP contribution in [-0.4, -0.2) is 32.9 Å². The van der Waals surface area contributed by atoms with Crippen molar-refractivity contribution in [1.82, 2.24) is 24.5 Å². The van der Waals surface area contributed by atoms with Gasteiger partial charge in [-0.1, -0.05) is 92.9 Å². The molecular weight excluding hydrogens is 914 g/mol. The number of benzene rings is 6. The number of hydrogen-bond acceptors (Lipinski definition) is 4. The van der Waals surface area contributed by atoms with Crippen LogP contribution in [-0.2, 0) is 58.2 Å². The fourth-order valence-electron chi connectivity index (χ4n) is 6.12. The SMILES string of the molecule is CC(C)(C)c1ccnc(-c2[c-]cccc2)n1.[B].[Ir].[Y].[c-]1ccc(-c2[c-]nc3c(ccc4ccccc43)c2)[c-]c1-c1nc2ccccc2n1-c1ccccc1. The van der Waals surface area contributed by atoms with Crippen molar-refractivity contribution in [3.05, 3.63) is 176 Å². The van der Waals surface area contributed by atoms with Crippen molar-refractivity contribution in [2.75, 3.05) is 0 Å². The first-order valence-corrected chi connectivity index (χ1v) is 16.9. The third kappa shape index (κ3) is 8.51. The molecule has 0 fully saturated rings. The minimum Gasteiger partial charge on any atom is -0.374 e. The Morgan fingerprint density at radius 3 is 2.19 bits per heavy atom. The maximum Gasteiger partial charge on any atom is 0.0751 e. The summed E-state index contributed by atoms with van der Waals surface area (Å²) in [6, 6.07) is 56.8. The zero-order valence-corrected chi connectivity index (χ0v) is 35.3. The van der Waals surface area contributed by atoms with Gasteiger partial charge in [0.15, 0.2) is 0 Å². The van der Waals surface area contributed by atoms with Gasteiger partial charge in [0.1, 0.15) is 0 Å². The molecule has 5 nitrogen and oxygen atoms in total. The fraction of sp³-hybridized carbons (Fsp3) is 0.0870. The molecule has 0 unspecified atom stereocenters. The topological polar surface area (TPSA) is 56.5 Å². The van der Waals surface area contributed by atoms with Crippen molar-refractivity contribution < 1.29 is 52.8 Å². The fourth-order valence-corrected chi connectivity index (χ4v) is 6.12. The van der Waals surface area contributed by atoms with Gasteiger partial charge in [0.25, 0.3) is 0 Å². The molecule has 0 saturated carbocycles. The Morgan fingerprint density at radius 1 is 0.648 bits per heavy atom. The van der Waals surface area contributed by atoms with Crippen LogP contribution in [0.3, 0.4) is 0 Å². The largest absolute Gasteiger partial charge is 0.374 e. The van der Waals surface area contributed by atoms with E-state index in [9.17, 15) is 0 Å². The molecule has 0 aliphatic carbocycles. The van der Waals surface area contributed by atoms with Crippen LogP contribution < -0.4 is 0 Å². The van der Waals surface area contributed by atoms with E-state index in [1.165, 1.54) is 5.39 Å². The van der Waals surface area contributed by atoms with Crippen molar-refractivity contribution in [1.29, 1.82) is 0 Å². The first kappa shape index (κ1) is 40.5. The number of pyridine rings is 1. The molecule has 8 heteroatoms. The zero-order valence-electron chi connectivity index (χ0n) is 30.1. The Bertz CT molecular complexity index is 2640. The second-order valence-corrected chi connectivity index (χ2v) is 13.3. The van der Waals surface area contributed by atoms with Crippen LogP contribution in [0, 0.1) is 24.4 Å². The first-order chi connectivity index (χ1) is 24.9. The van der Waals surface area contributed by atoms with E-state index in [0.29, 0.717) is 0 Å². The maximum absolute atomic E-state index is 4.95. The van der Waals surface area contributed by atoms with Gasteiger partial charge in [0.05, 0.1) is 16.9 Å². The minimum atomic E-state index is 0. The summed E-state index contributed by atoms with van der Waals surface area (Å²) in [7, 11) is 0. The molecule has 0 bridgehead atoms. The quantitative estimate of drug-likeness (QED) is 0.100. The number of fused-ring (bicyclic) bond motifs is 4. The van der Waals surface area contributed by atoms with Gasteiger partial charge in [-0.25, -0.2) is 6.07 Å². The van der Waals surface area contributed by atoms with Crippen LogP contribution in [0.2, 0.25) is 0 Å². The van der Waals surface area contributed by atoms with Crippen LogP contribution in [0.1, 0.15) is 26.5 Å². The predicted octanol–water partition coefficient (Wildman–Crippen LogP) is 10.3. The summed E-state index contributed by atoms with van der Waals surface area (Å²) in [5.74, 6) is 1.55. The summed E-state index contributed by atoms with van der Waals surface area (Å²) in [4.78, 5) is 18.5. The van der Waals surface area contributed by atoms with Gasteiger partial charge < -0.3 is 20.6 Å². The number of para-hydroxylation sites is 3. The van der Waals surface area contributed by atoms with E-state index < -0.39 is 0 Å². The Kier molecular flexibility index (Phi) is 13.3. The van der Waals surface area contributed by atoms with E-state index >= 15 is 0 Å². The molecule has 0 spiro atoms. The number of nitrogens with zero attached hydrogens (tertiary/aromatic N) is 5. The third-order valence-corrected chi connectivity index (χ3v) is 8.72. The van der Waals surface area contributed by atoms with Gasteiger partial charge in [-0.15, -0.1) is 42.0 Å². The molecule has 9 rings (SSSR count). The molecular formula is C46H33BIrN5Y-4. The van der Waals surface area contributed by atoms with E-state index in [-0.39, 0.29) is 66.6 Å². The van der Waals surface area contributed by atoms with Crippen molar-refractivity contribution in [2.24, 2.45) is 0 Å². The minimum absolute atomic E-state index is 0. The zero-order chi connectivity index (χ0) is 34.8. The molecule has 3 aromatic heterocycles. The molecule has 0 aliphatic heterocycles. The Labute approximate surface area is 357 Å². The van der Waals surface area contributed by atoms with Crippen LogP contribution in [0.15, 0.2) is 146 Å². The standard InChI is InChI=1S/C32H18N3.C14H15N2.B.Ir.Y/c1-2-12-27(13-3-1)35-30-16-7-6-15-29(30)34-32(35)25-11-8-10-23(19-25)26-20-24-18-17-22-9-4-5-14-28(22)31(24)33-21-26;1-14(2,3)12-9-10-15-13(16-12)11-7-5-4-6-8-11;;;/h1-10,12-18,20H;4-7,9-10H,1-3H3;;;/q-3;-1;;;. The van der Waals surface area contributed by atoms with Crippen molar-refractivity contribution in [2.45, 2.75) is 26.2 Å². The normalized spacial score (nSPS) is 10.8. The predicted molar refractivity (Wildman–Crippen MR) is 212 cm³/mol. The number of hydrogen-bond donors (Lipinski definition) is 0. The summed E-state index contributed by atoms with van der Waals surface area (Å²) < 4.78 is 2.16. The molecule has 5 radical (unpaired) electrons. The summed E-state index contributed by atoms with van der Waals surface area (Å²) in [5.41, 5.74) is 8.63. The molecule has 6 aromatic carbocycles. The van der Waals surface area contributed by atoms with E-state index in [2.05, 4.69) is 108 Å². The average molecular weight is 948 g/mol. The van der Waals surface area contributed by atoms with Crippen LogP contribution in [0.5, 0.6) is 0 Å². The maximum atomic E-state index is 4.95. The van der Waals surface area contributed by atoms with Gasteiger partial charge in [-0.2, -0.15) is 5.56 Å². The molecule has 0 amide bonds. The molecule has 54 heavy (non-hydrogen) atoms. The molecule has 0 N–H and O–H groups in total. The Hall–Kier alpha value is -4.64. The summed E-state index contributed by atoms with van der Waals surface area (Å²) >= 11 is 0. The second kappa shape index (κ2) is 17.7. The van der Waals surface area contributed by atoms with Gasteiger partial charge >= 0.3 is 0 Å².